The van der Waals surface area contributed by atoms with E-state index in [1.54, 1.807) is 6.20 Å². The lowest BCUT2D eigenvalue weighted by Gasteiger charge is -2.32. The van der Waals surface area contributed by atoms with Gasteiger partial charge in [-0.05, 0) is 64.2 Å². The van der Waals surface area contributed by atoms with Crippen LogP contribution in [0.25, 0.3) is 0 Å². The zero-order valence-corrected chi connectivity index (χ0v) is 20.3. The van der Waals surface area contributed by atoms with Crippen LogP contribution in [0.4, 0.5) is 0 Å². The van der Waals surface area contributed by atoms with Gasteiger partial charge in [0.05, 0.1) is 12.1 Å². The Morgan fingerprint density at radius 1 is 0.941 bits per heavy atom. The highest BCUT2D eigenvalue weighted by Gasteiger charge is 2.32. The van der Waals surface area contributed by atoms with E-state index in [0.717, 1.165) is 40.4 Å². The van der Waals surface area contributed by atoms with Crippen LogP contribution in [0.2, 0.25) is 10.0 Å². The predicted octanol–water partition coefficient (Wildman–Crippen LogP) is 6.28. The number of aromatic nitrogens is 5. The summed E-state index contributed by atoms with van der Waals surface area (Å²) in [5, 5.41) is 14.6. The maximum absolute atomic E-state index is 6.60. The largest absolute Gasteiger partial charge is 0.281 e. The highest BCUT2D eigenvalue weighted by atomic mass is 35.5. The van der Waals surface area contributed by atoms with Crippen molar-refractivity contribution in [1.82, 2.24) is 30.1 Å². The van der Waals surface area contributed by atoms with Crippen molar-refractivity contribution >= 4 is 23.2 Å². The van der Waals surface area contributed by atoms with Gasteiger partial charge in [0.15, 0.2) is 5.82 Å². The summed E-state index contributed by atoms with van der Waals surface area (Å²) in [5.41, 5.74) is 3.23. The first-order valence-corrected chi connectivity index (χ1v) is 12.3. The second-order valence-electron chi connectivity index (χ2n) is 8.73. The maximum atomic E-state index is 6.60. The molecule has 1 aliphatic carbocycles. The third-order valence-electron chi connectivity index (χ3n) is 6.42. The maximum Gasteiger partial charge on any atom is 0.173 e. The summed E-state index contributed by atoms with van der Waals surface area (Å²) < 4.78 is 2.04. The van der Waals surface area contributed by atoms with Crippen LogP contribution in [0.5, 0.6) is 0 Å². The van der Waals surface area contributed by atoms with Gasteiger partial charge < -0.3 is 0 Å². The third kappa shape index (κ3) is 5.14. The molecule has 1 fully saturated rings. The van der Waals surface area contributed by atoms with Gasteiger partial charge in [-0.25, -0.2) is 4.68 Å². The van der Waals surface area contributed by atoms with Crippen LogP contribution in [0.1, 0.15) is 60.3 Å². The normalized spacial score (nSPS) is 15.1. The van der Waals surface area contributed by atoms with Crippen molar-refractivity contribution in [3.8, 4) is 0 Å². The van der Waals surface area contributed by atoms with Crippen LogP contribution in [-0.2, 0) is 13.1 Å². The molecule has 0 amide bonds. The molecular formula is C26H26Cl2N6. The van der Waals surface area contributed by atoms with E-state index in [1.807, 2.05) is 47.3 Å². The Morgan fingerprint density at radius 2 is 1.74 bits per heavy atom. The van der Waals surface area contributed by atoms with Gasteiger partial charge in [0, 0.05) is 35.5 Å². The average molecular weight is 493 g/mol. The molecule has 0 radical (unpaired) electrons. The molecule has 6 nitrogen and oxygen atoms in total. The van der Waals surface area contributed by atoms with Crippen molar-refractivity contribution in [2.75, 3.05) is 0 Å². The first-order valence-electron chi connectivity index (χ1n) is 11.6. The first kappa shape index (κ1) is 23.0. The molecule has 0 saturated heterocycles. The highest BCUT2D eigenvalue weighted by Crippen LogP contribution is 2.36. The van der Waals surface area contributed by atoms with Gasteiger partial charge in [-0.1, -0.05) is 72.4 Å². The van der Waals surface area contributed by atoms with Gasteiger partial charge in [0.2, 0.25) is 0 Å². The van der Waals surface area contributed by atoms with E-state index >= 15 is 0 Å². The summed E-state index contributed by atoms with van der Waals surface area (Å²) in [4.78, 5) is 6.69. The van der Waals surface area contributed by atoms with Gasteiger partial charge >= 0.3 is 0 Å². The zero-order valence-electron chi connectivity index (χ0n) is 18.8. The number of hydrogen-bond donors (Lipinski definition) is 0. The molecular weight excluding hydrogens is 467 g/mol. The zero-order chi connectivity index (χ0) is 23.3. The van der Waals surface area contributed by atoms with Crippen LogP contribution in [0.15, 0.2) is 73.1 Å². The van der Waals surface area contributed by atoms with Gasteiger partial charge in [-0.15, -0.1) is 5.10 Å². The lowest BCUT2D eigenvalue weighted by molar-refractivity contribution is 0.191. The van der Waals surface area contributed by atoms with Crippen molar-refractivity contribution in [3.63, 3.8) is 0 Å². The molecule has 174 valence electrons. The molecule has 4 aromatic rings. The average Bonchev–Trinajstić information content (AvgIpc) is 3.55. The molecule has 1 aliphatic rings. The standard InChI is InChI=1S/C26H26Cl2N6/c27-22-13-11-20(12-14-22)25(26-30-31-32-34(26)23-8-2-3-9-23)33(17-19-6-5-15-29-16-19)18-21-7-1-4-10-24(21)28/h1,4-7,10-16,23,25H,2-3,8-9,17-18H2. The number of nitrogens with zero attached hydrogens (tertiary/aromatic N) is 6. The Balaban J connectivity index is 1.61. The van der Waals surface area contributed by atoms with Gasteiger partial charge in [0.1, 0.15) is 0 Å². The van der Waals surface area contributed by atoms with E-state index in [4.69, 9.17) is 23.2 Å². The molecule has 8 heteroatoms. The van der Waals surface area contributed by atoms with E-state index in [2.05, 4.69) is 49.7 Å². The Bertz CT molecular complexity index is 1210. The lowest BCUT2D eigenvalue weighted by atomic mass is 10.0. The minimum absolute atomic E-state index is 0.190. The Hall–Kier alpha value is -2.80. The molecule has 1 unspecified atom stereocenters. The number of tetrazole rings is 1. The fraction of sp³-hybridized carbons (Fsp3) is 0.308. The molecule has 0 bridgehead atoms. The smallest absolute Gasteiger partial charge is 0.173 e. The van der Waals surface area contributed by atoms with Crippen molar-refractivity contribution in [2.45, 2.75) is 50.9 Å². The summed E-state index contributed by atoms with van der Waals surface area (Å²) in [7, 11) is 0. The van der Waals surface area contributed by atoms with Gasteiger partial charge in [-0.2, -0.15) is 0 Å². The molecule has 2 aromatic carbocycles. The number of rotatable bonds is 8. The third-order valence-corrected chi connectivity index (χ3v) is 7.04. The van der Waals surface area contributed by atoms with E-state index in [-0.39, 0.29) is 6.04 Å². The Morgan fingerprint density at radius 3 is 2.47 bits per heavy atom. The first-order chi connectivity index (χ1) is 16.7. The van der Waals surface area contributed by atoms with Crippen molar-refractivity contribution in [1.29, 1.82) is 0 Å². The second-order valence-corrected chi connectivity index (χ2v) is 9.58. The van der Waals surface area contributed by atoms with Crippen LogP contribution in [0.3, 0.4) is 0 Å². The fourth-order valence-corrected chi connectivity index (χ4v) is 5.09. The monoisotopic (exact) mass is 492 g/mol. The lowest BCUT2D eigenvalue weighted by Crippen LogP contribution is -2.32. The molecule has 0 spiro atoms. The number of benzene rings is 2. The van der Waals surface area contributed by atoms with Crippen LogP contribution >= 0.6 is 23.2 Å². The summed E-state index contributed by atoms with van der Waals surface area (Å²) in [5.74, 6) is 0.838. The quantitative estimate of drug-likeness (QED) is 0.289. The minimum atomic E-state index is -0.190. The fourth-order valence-electron chi connectivity index (χ4n) is 4.77. The van der Waals surface area contributed by atoms with E-state index < -0.39 is 0 Å². The summed E-state index contributed by atoms with van der Waals surface area (Å²) >= 11 is 12.9. The predicted molar refractivity (Wildman–Crippen MR) is 134 cm³/mol. The van der Waals surface area contributed by atoms with E-state index in [1.165, 1.54) is 12.8 Å². The molecule has 2 aromatic heterocycles. The molecule has 0 N–H and O–H groups in total. The summed E-state index contributed by atoms with van der Waals surface area (Å²) in [6.45, 7) is 1.28. The molecule has 1 atom stereocenters. The highest BCUT2D eigenvalue weighted by molar-refractivity contribution is 6.31. The topological polar surface area (TPSA) is 59.7 Å². The van der Waals surface area contributed by atoms with E-state index in [9.17, 15) is 0 Å². The number of pyridine rings is 1. The molecule has 1 saturated carbocycles. The number of hydrogen-bond acceptors (Lipinski definition) is 5. The molecule has 0 aliphatic heterocycles. The Labute approximate surface area is 209 Å². The van der Waals surface area contributed by atoms with Crippen LogP contribution in [-0.4, -0.2) is 30.1 Å². The second kappa shape index (κ2) is 10.6. The van der Waals surface area contributed by atoms with Crippen molar-refractivity contribution < 1.29 is 0 Å². The van der Waals surface area contributed by atoms with Crippen LogP contribution in [0, 0.1) is 0 Å². The van der Waals surface area contributed by atoms with Gasteiger partial charge in [-0.3, -0.25) is 9.88 Å². The number of halogens is 2. The molecule has 34 heavy (non-hydrogen) atoms. The minimum Gasteiger partial charge on any atom is -0.281 e. The molecule has 2 heterocycles. The molecule has 5 rings (SSSR count). The summed E-state index contributed by atoms with van der Waals surface area (Å²) in [6, 6.07) is 20.1. The SMILES string of the molecule is Clc1ccc(C(c2nnnn2C2CCCC2)N(Cc2cccnc2)Cc2ccccc2Cl)cc1. The van der Waals surface area contributed by atoms with Crippen molar-refractivity contribution in [2.24, 2.45) is 0 Å². The van der Waals surface area contributed by atoms with Crippen molar-refractivity contribution in [3.05, 3.63) is 106 Å². The van der Waals surface area contributed by atoms with E-state index in [0.29, 0.717) is 24.2 Å². The van der Waals surface area contributed by atoms with Gasteiger partial charge in [0.25, 0.3) is 0 Å². The summed E-state index contributed by atoms with van der Waals surface area (Å²) in [6.07, 6.45) is 8.29. The van der Waals surface area contributed by atoms with Crippen LogP contribution < -0.4 is 0 Å². The Kier molecular flexibility index (Phi) is 7.19.